The van der Waals surface area contributed by atoms with E-state index in [2.05, 4.69) is 15.0 Å². The molecule has 1 atom stereocenters. The van der Waals surface area contributed by atoms with Crippen LogP contribution in [0.25, 0.3) is 11.3 Å². The maximum atomic E-state index is 10.7. The van der Waals surface area contributed by atoms with Gasteiger partial charge in [-0.1, -0.05) is 35.5 Å². The van der Waals surface area contributed by atoms with E-state index in [1.54, 1.807) is 13.4 Å². The normalized spacial score (nSPS) is 15.2. The summed E-state index contributed by atoms with van der Waals surface area (Å²) in [4.78, 5) is 4.45. The van der Waals surface area contributed by atoms with Crippen LogP contribution in [-0.4, -0.2) is 79.3 Å². The van der Waals surface area contributed by atoms with E-state index < -0.39 is 6.10 Å². The Hall–Kier alpha value is -2.30. The number of nitrogens with zero attached hydrogens (tertiary/aromatic N) is 3. The molecule has 1 aromatic carbocycles. The highest BCUT2D eigenvalue weighted by Crippen LogP contribution is 2.33. The van der Waals surface area contributed by atoms with Gasteiger partial charge < -0.3 is 28.4 Å². The van der Waals surface area contributed by atoms with E-state index in [1.165, 1.54) is 0 Å². The van der Waals surface area contributed by atoms with E-state index in [9.17, 15) is 5.11 Å². The summed E-state index contributed by atoms with van der Waals surface area (Å²) in [5, 5.41) is 15.2. The lowest BCUT2D eigenvalue weighted by Crippen LogP contribution is -2.37. The molecule has 0 aliphatic carbocycles. The molecule has 34 heavy (non-hydrogen) atoms. The first kappa shape index (κ1) is 24.8. The third-order valence-corrected chi connectivity index (χ3v) is 6.65. The standard InChI is InChI=1S/C25H33N3O5S/c1-30-13-9-27(16-21(29)18-31-19-22-8-5-12-32-22)17-23-24(20-6-3-2-4-7-20)26-33-25(23)28-10-14-34-15-11-28/h2-8,12,21,29H,9-11,13-19H2,1H3/t21-/m1/s1. The fourth-order valence-electron chi connectivity index (χ4n) is 4.00. The molecule has 8 nitrogen and oxygen atoms in total. The highest BCUT2D eigenvalue weighted by Gasteiger charge is 2.26. The second-order valence-corrected chi connectivity index (χ2v) is 9.48. The molecule has 1 N–H and O–H groups in total. The number of anilines is 1. The minimum absolute atomic E-state index is 0.218. The summed E-state index contributed by atoms with van der Waals surface area (Å²) in [6, 6.07) is 13.8. The molecule has 0 spiro atoms. The smallest absolute Gasteiger partial charge is 0.232 e. The van der Waals surface area contributed by atoms with Crippen LogP contribution in [0.2, 0.25) is 0 Å². The van der Waals surface area contributed by atoms with Crippen molar-refractivity contribution in [2.45, 2.75) is 19.3 Å². The van der Waals surface area contributed by atoms with E-state index in [4.69, 9.17) is 18.4 Å². The number of hydrogen-bond acceptors (Lipinski definition) is 9. The van der Waals surface area contributed by atoms with E-state index in [0.29, 0.717) is 32.8 Å². The predicted molar refractivity (Wildman–Crippen MR) is 133 cm³/mol. The topological polar surface area (TPSA) is 84.3 Å². The van der Waals surface area contributed by atoms with Gasteiger partial charge in [-0.05, 0) is 12.1 Å². The van der Waals surface area contributed by atoms with Crippen molar-refractivity contribution in [3.05, 3.63) is 60.1 Å². The van der Waals surface area contributed by atoms with Gasteiger partial charge in [0.2, 0.25) is 5.88 Å². The summed E-state index contributed by atoms with van der Waals surface area (Å²) >= 11 is 1.96. The quantitative estimate of drug-likeness (QED) is 0.389. The predicted octanol–water partition coefficient (Wildman–Crippen LogP) is 3.51. The van der Waals surface area contributed by atoms with Crippen molar-refractivity contribution < 1.29 is 23.5 Å². The van der Waals surface area contributed by atoms with Crippen LogP contribution in [0.3, 0.4) is 0 Å². The van der Waals surface area contributed by atoms with Crippen LogP contribution in [0, 0.1) is 0 Å². The summed E-state index contributed by atoms with van der Waals surface area (Å²) in [6.07, 6.45) is 0.963. The van der Waals surface area contributed by atoms with Crippen LogP contribution in [0.1, 0.15) is 11.3 Å². The molecule has 0 saturated carbocycles. The van der Waals surface area contributed by atoms with Crippen molar-refractivity contribution in [3.63, 3.8) is 0 Å². The van der Waals surface area contributed by atoms with Crippen LogP contribution >= 0.6 is 11.8 Å². The molecule has 4 rings (SSSR count). The Morgan fingerprint density at radius 2 is 2.00 bits per heavy atom. The van der Waals surface area contributed by atoms with Gasteiger partial charge in [-0.15, -0.1) is 0 Å². The Morgan fingerprint density at radius 1 is 1.18 bits per heavy atom. The van der Waals surface area contributed by atoms with Crippen molar-refractivity contribution in [1.29, 1.82) is 0 Å². The van der Waals surface area contributed by atoms with E-state index in [1.807, 2.05) is 54.2 Å². The first-order valence-electron chi connectivity index (χ1n) is 11.6. The number of methoxy groups -OCH3 is 1. The molecule has 184 valence electrons. The molecule has 0 unspecified atom stereocenters. The molecule has 1 aliphatic heterocycles. The van der Waals surface area contributed by atoms with Gasteiger partial charge >= 0.3 is 0 Å². The zero-order chi connectivity index (χ0) is 23.6. The Labute approximate surface area is 204 Å². The number of rotatable bonds is 13. The fourth-order valence-corrected chi connectivity index (χ4v) is 4.90. The van der Waals surface area contributed by atoms with Gasteiger partial charge in [0.15, 0.2) is 0 Å². The summed E-state index contributed by atoms with van der Waals surface area (Å²) < 4.78 is 22.2. The molecule has 9 heteroatoms. The summed E-state index contributed by atoms with van der Waals surface area (Å²) in [5.74, 6) is 3.70. The van der Waals surface area contributed by atoms with Crippen LogP contribution in [-0.2, 0) is 22.6 Å². The van der Waals surface area contributed by atoms with E-state index in [-0.39, 0.29) is 6.61 Å². The first-order chi connectivity index (χ1) is 16.7. The third-order valence-electron chi connectivity index (χ3n) is 5.71. The van der Waals surface area contributed by atoms with Crippen LogP contribution in [0.5, 0.6) is 0 Å². The highest BCUT2D eigenvalue weighted by atomic mass is 32.2. The van der Waals surface area contributed by atoms with Crippen molar-refractivity contribution >= 4 is 17.6 Å². The molecule has 1 aliphatic rings. The second kappa shape index (κ2) is 13.0. The molecule has 0 amide bonds. The van der Waals surface area contributed by atoms with Crippen LogP contribution < -0.4 is 4.90 Å². The summed E-state index contributed by atoms with van der Waals surface area (Å²) in [5.41, 5.74) is 2.91. The van der Waals surface area contributed by atoms with Gasteiger partial charge in [0, 0.05) is 56.9 Å². The number of aromatic nitrogens is 1. The minimum Gasteiger partial charge on any atom is -0.467 e. The molecule has 2 aromatic heterocycles. The molecule has 1 fully saturated rings. The van der Waals surface area contributed by atoms with Crippen molar-refractivity contribution in [2.24, 2.45) is 0 Å². The maximum Gasteiger partial charge on any atom is 0.232 e. The molecule has 1 saturated heterocycles. The average Bonchev–Trinajstić information content (AvgIpc) is 3.54. The van der Waals surface area contributed by atoms with Crippen LogP contribution in [0.4, 0.5) is 5.88 Å². The maximum absolute atomic E-state index is 10.7. The number of benzene rings is 1. The van der Waals surface area contributed by atoms with Gasteiger partial charge in [0.1, 0.15) is 18.1 Å². The molecule has 0 bridgehead atoms. The van der Waals surface area contributed by atoms with E-state index >= 15 is 0 Å². The third kappa shape index (κ3) is 6.86. The highest BCUT2D eigenvalue weighted by molar-refractivity contribution is 7.99. The largest absolute Gasteiger partial charge is 0.467 e. The monoisotopic (exact) mass is 487 g/mol. The average molecular weight is 488 g/mol. The number of ether oxygens (including phenoxy) is 2. The molecule has 0 radical (unpaired) electrons. The lowest BCUT2D eigenvalue weighted by Gasteiger charge is -2.29. The lowest BCUT2D eigenvalue weighted by atomic mass is 10.1. The van der Waals surface area contributed by atoms with Gasteiger partial charge in [0.25, 0.3) is 0 Å². The lowest BCUT2D eigenvalue weighted by molar-refractivity contribution is 0.000505. The zero-order valence-electron chi connectivity index (χ0n) is 19.6. The number of hydrogen-bond donors (Lipinski definition) is 1. The molecule has 3 heterocycles. The van der Waals surface area contributed by atoms with Crippen LogP contribution in [0.15, 0.2) is 57.7 Å². The summed E-state index contributed by atoms with van der Waals surface area (Å²) in [6.45, 7) is 4.67. The molecular weight excluding hydrogens is 454 g/mol. The number of aliphatic hydroxyl groups is 1. The van der Waals surface area contributed by atoms with Crippen molar-refractivity contribution in [3.8, 4) is 11.3 Å². The molecule has 3 aromatic rings. The SMILES string of the molecule is COCCN(Cc1c(-c2ccccc2)noc1N1CCSCC1)C[C@@H](O)COCc1ccco1. The van der Waals surface area contributed by atoms with Gasteiger partial charge in [-0.2, -0.15) is 11.8 Å². The minimum atomic E-state index is -0.651. The zero-order valence-corrected chi connectivity index (χ0v) is 20.4. The van der Waals surface area contributed by atoms with Crippen molar-refractivity contribution in [1.82, 2.24) is 10.1 Å². The molecular formula is C25H33N3O5S. The first-order valence-corrected chi connectivity index (χ1v) is 12.8. The van der Waals surface area contributed by atoms with Crippen molar-refractivity contribution in [2.75, 3.05) is 62.9 Å². The second-order valence-electron chi connectivity index (χ2n) is 8.26. The summed E-state index contributed by atoms with van der Waals surface area (Å²) in [7, 11) is 1.69. The number of thioether (sulfide) groups is 1. The Balaban J connectivity index is 1.49. The van der Waals surface area contributed by atoms with Gasteiger partial charge in [-0.3, -0.25) is 4.90 Å². The van der Waals surface area contributed by atoms with Gasteiger partial charge in [-0.25, -0.2) is 0 Å². The van der Waals surface area contributed by atoms with E-state index in [0.717, 1.165) is 53.1 Å². The number of furan rings is 1. The Bertz CT molecular complexity index is 960. The Morgan fingerprint density at radius 3 is 2.74 bits per heavy atom. The number of aliphatic hydroxyl groups excluding tert-OH is 1. The fraction of sp³-hybridized carbons (Fsp3) is 0.480. The Kier molecular flexibility index (Phi) is 9.46. The van der Waals surface area contributed by atoms with Gasteiger partial charge in [0.05, 0.1) is 31.1 Å².